The monoisotopic (exact) mass is 1620 g/mol. The number of fused-ring (bicyclic) bond motifs is 3. The highest BCUT2D eigenvalue weighted by atomic mass is 79.9. The molecular formula is C86H92BrClN6O10S4. The molecule has 9 aromatic carbocycles. The number of rotatable bonds is 20. The van der Waals surface area contributed by atoms with Crippen LogP contribution in [0.4, 0.5) is 0 Å². The molecule has 15 rings (SSSR count). The third-order valence-electron chi connectivity index (χ3n) is 19.0. The number of nitrogens with one attached hydrogen (secondary N) is 3. The molecule has 0 bridgehead atoms. The molecule has 22 heteroatoms. The zero-order valence-corrected chi connectivity index (χ0v) is 65.4. The Hall–Kier alpha value is -8.84. The summed E-state index contributed by atoms with van der Waals surface area (Å²) in [6.45, 7) is 7.46. The molecule has 0 spiro atoms. The van der Waals surface area contributed by atoms with Crippen LogP contribution in [0.5, 0.6) is 0 Å². The molecule has 3 aliphatic heterocycles. The van der Waals surface area contributed by atoms with Gasteiger partial charge in [-0.2, -0.15) is 8.42 Å². The molecule has 0 radical (unpaired) electrons. The first-order valence-corrected chi connectivity index (χ1v) is 42.8. The highest BCUT2D eigenvalue weighted by molar-refractivity contribution is 9.10. The van der Waals surface area contributed by atoms with Crippen LogP contribution in [-0.4, -0.2) is 126 Å². The molecule has 564 valence electrons. The van der Waals surface area contributed by atoms with Crippen LogP contribution >= 0.6 is 27.5 Å². The van der Waals surface area contributed by atoms with Gasteiger partial charge in [0.2, 0.25) is 5.24 Å². The molecule has 0 amide bonds. The second-order valence-corrected chi connectivity index (χ2v) is 35.2. The molecule has 12 aromatic rings. The van der Waals surface area contributed by atoms with Crippen LogP contribution in [0.25, 0.3) is 38.8 Å². The number of hydrogen-bond acceptors (Lipinski definition) is 13. The normalized spacial score (nSPS) is 17.3. The van der Waals surface area contributed by atoms with Crippen molar-refractivity contribution >= 4 is 111 Å². The van der Waals surface area contributed by atoms with Crippen molar-refractivity contribution in [3.63, 3.8) is 0 Å². The van der Waals surface area contributed by atoms with Crippen LogP contribution in [0.3, 0.4) is 0 Å². The van der Waals surface area contributed by atoms with Gasteiger partial charge in [0.05, 0.1) is 42.5 Å². The highest BCUT2D eigenvalue weighted by Gasteiger charge is 2.30. The second kappa shape index (κ2) is 39.0. The van der Waals surface area contributed by atoms with E-state index in [-0.39, 0.29) is 32.9 Å². The molecule has 3 atom stereocenters. The molecule has 0 aliphatic carbocycles. The standard InChI is InChI=1S/C28H28N2O2S.C22H26N2O2S.C12H14ClNO.C8H6BrN.C8H10O3S.C8H8O2S/c31-33(32,26-11-5-2-6-12-26)17-15-22-13-14-28-27(18-22)24(20-29-28)19-25-10-7-16-30(25)21-23-8-3-1-4-9-23;1-24-12-5-6-19(24)15-18-16-23-22-10-9-17(14-21(18)22)11-13-27(25,26)20-7-3-2-4-8-20;13-12(15)11-7-4-8-14(11)9-10-5-2-1-3-6-10;9-7-1-2-8-6(5-7)3-4-10-8;1-7-3-5-8(6-4-7)12(9,10)11-2;1-2-11(9,10)8-6-4-3-5-7-8/h1-6,8-9,11-15,17-18,20,25,29H,7,10,16,19,21H2;2-4,7-10,14,16,19,23H,5-6,11-13,15H2,1H3;1-3,5-6,11H,4,7-9H2;1-5,10H;3-6H,1-2H3;2-7H,1H2/b17-15+;;;;;/t25-;19-;11-;;;/m111.../s1/i;1D3;;;2D3;. The van der Waals surface area contributed by atoms with Crippen molar-refractivity contribution in [1.29, 1.82) is 0 Å². The smallest absolute Gasteiger partial charge is 0.296 e. The number of aromatic amines is 3. The lowest BCUT2D eigenvalue weighted by Crippen LogP contribution is -2.33. The van der Waals surface area contributed by atoms with Crippen LogP contribution in [0.15, 0.2) is 297 Å². The number of sulfone groups is 3. The number of halogens is 2. The molecule has 3 saturated heterocycles. The average molecular weight is 1620 g/mol. The van der Waals surface area contributed by atoms with E-state index < -0.39 is 53.6 Å². The van der Waals surface area contributed by atoms with E-state index >= 15 is 0 Å². The Morgan fingerprint density at radius 3 is 1.69 bits per heavy atom. The molecule has 3 fully saturated rings. The minimum Gasteiger partial charge on any atom is -0.361 e. The van der Waals surface area contributed by atoms with Gasteiger partial charge in [0.25, 0.3) is 10.1 Å². The molecule has 3 aliphatic rings. The average Bonchev–Trinajstić information content (AvgIpc) is 1.51. The van der Waals surface area contributed by atoms with E-state index in [2.05, 4.69) is 124 Å². The van der Waals surface area contributed by atoms with Gasteiger partial charge in [-0.05, 0) is 239 Å². The van der Waals surface area contributed by atoms with E-state index in [1.807, 2.05) is 73.1 Å². The summed E-state index contributed by atoms with van der Waals surface area (Å²) >= 11 is 8.97. The number of benzene rings is 9. The molecular weight excluding hydrogens is 1520 g/mol. The SMILES string of the molecule is Brc1ccc2[nH]ccc2c1.C=CS(=O)(=O)c1ccccc1.O=C(Cl)[C@H]1CCCN1Cc1ccccc1.O=S(=O)(/C=C/c1ccc2[nH]cc(C[C@H]3CCCN3Cc3ccccc3)c2c1)c1ccccc1.[2H]C([2H])([2H])N1CCC[C@@H]1Cc1c[nH]c2ccc(CCS(=O)(=O)c3ccccc3)cc12.[2H]C([2H])([2H])OS(=O)(=O)c1ccc(C)cc1. The molecule has 108 heavy (non-hydrogen) atoms. The van der Waals surface area contributed by atoms with Crippen molar-refractivity contribution in [2.75, 3.05) is 39.4 Å². The van der Waals surface area contributed by atoms with Crippen LogP contribution < -0.4 is 0 Å². The Kier molecular flexibility index (Phi) is 26.5. The number of carbonyl (C=O) groups excluding carboxylic acids is 1. The largest absolute Gasteiger partial charge is 0.361 e. The van der Waals surface area contributed by atoms with Gasteiger partial charge in [-0.3, -0.25) is 18.8 Å². The third kappa shape index (κ3) is 23.3. The van der Waals surface area contributed by atoms with E-state index in [9.17, 15) is 38.5 Å². The molecule has 0 unspecified atom stereocenters. The summed E-state index contributed by atoms with van der Waals surface area (Å²) < 4.78 is 144. The van der Waals surface area contributed by atoms with Crippen LogP contribution in [0.1, 0.15) is 85.7 Å². The zero-order valence-electron chi connectivity index (χ0n) is 65.8. The number of nitrogens with zero attached hydrogens (tertiary/aromatic N) is 3. The van der Waals surface area contributed by atoms with E-state index in [1.54, 1.807) is 103 Å². The molecule has 3 aromatic heterocycles. The summed E-state index contributed by atoms with van der Waals surface area (Å²) in [5, 5.41) is 5.48. The number of hydrogen-bond donors (Lipinski definition) is 3. The minimum atomic E-state index is -4.20. The molecule has 0 saturated carbocycles. The van der Waals surface area contributed by atoms with Gasteiger partial charge in [-0.25, -0.2) is 25.3 Å². The second-order valence-electron chi connectivity index (χ2n) is 26.5. The number of aryl methyl sites for hydroxylation is 2. The van der Waals surface area contributed by atoms with Gasteiger partial charge in [0, 0.05) is 95.9 Å². The summed E-state index contributed by atoms with van der Waals surface area (Å²) in [6, 6.07) is 72.5. The summed E-state index contributed by atoms with van der Waals surface area (Å²) in [4.78, 5) is 28.1. The first kappa shape index (κ1) is 73.3. The van der Waals surface area contributed by atoms with Gasteiger partial charge in [0.1, 0.15) is 0 Å². The van der Waals surface area contributed by atoms with Crippen molar-refractivity contribution < 1.29 is 50.9 Å². The van der Waals surface area contributed by atoms with Crippen molar-refractivity contribution in [2.24, 2.45) is 0 Å². The van der Waals surface area contributed by atoms with Crippen LogP contribution in [0, 0.1) is 6.92 Å². The third-order valence-corrected chi connectivity index (χ3v) is 25.3. The Bertz CT molecular complexity index is 5660. The van der Waals surface area contributed by atoms with Gasteiger partial charge in [-0.1, -0.05) is 168 Å². The Morgan fingerprint density at radius 1 is 0.556 bits per heavy atom. The number of H-pyrrole nitrogens is 3. The van der Waals surface area contributed by atoms with Gasteiger partial charge < -0.3 is 19.9 Å². The fraction of sp³-hybridized carbons (Fsp3) is 0.244. The van der Waals surface area contributed by atoms with Gasteiger partial charge in [-0.15, -0.1) is 0 Å². The van der Waals surface area contributed by atoms with E-state index in [0.29, 0.717) is 35.2 Å². The van der Waals surface area contributed by atoms with Crippen molar-refractivity contribution in [3.05, 3.63) is 316 Å². The first-order valence-electron chi connectivity index (χ1n) is 38.5. The number of likely N-dealkylation sites (N-methyl/N-ethyl adjacent to an activating group) is 1. The predicted octanol–water partition coefficient (Wildman–Crippen LogP) is 17.9. The summed E-state index contributed by atoms with van der Waals surface area (Å²) in [5.41, 5.74) is 10.9. The van der Waals surface area contributed by atoms with Crippen LogP contribution in [-0.2, 0) is 81.0 Å². The van der Waals surface area contributed by atoms with Crippen molar-refractivity contribution in [3.8, 4) is 0 Å². The van der Waals surface area contributed by atoms with E-state index in [4.69, 9.17) is 19.8 Å². The summed E-state index contributed by atoms with van der Waals surface area (Å²) in [7, 11) is -17.2. The predicted molar refractivity (Wildman–Crippen MR) is 440 cm³/mol. The molecule has 16 nitrogen and oxygen atoms in total. The maximum atomic E-state index is 12.6. The zero-order chi connectivity index (χ0) is 81.7. The number of aromatic nitrogens is 3. The fourth-order valence-corrected chi connectivity index (χ4v) is 17.4. The molecule has 3 N–H and O–H groups in total. The highest BCUT2D eigenvalue weighted by Crippen LogP contribution is 2.31. The first-order chi connectivity index (χ1) is 54.3. The van der Waals surface area contributed by atoms with Gasteiger partial charge >= 0.3 is 0 Å². The van der Waals surface area contributed by atoms with Gasteiger partial charge in [0.15, 0.2) is 29.5 Å². The van der Waals surface area contributed by atoms with Crippen molar-refractivity contribution in [1.82, 2.24) is 29.7 Å². The quantitative estimate of drug-likeness (QED) is 0.0478. The number of likely N-dealkylation sites (tertiary alicyclic amines) is 3. The number of carbonyl (C=O) groups is 1. The molecule has 6 heterocycles. The summed E-state index contributed by atoms with van der Waals surface area (Å²) in [5.74, 6) is 0.0533. The van der Waals surface area contributed by atoms with E-state index in [0.717, 1.165) is 107 Å². The fourth-order valence-electron chi connectivity index (χ4n) is 13.2. The maximum Gasteiger partial charge on any atom is 0.296 e. The summed E-state index contributed by atoms with van der Waals surface area (Å²) in [6.07, 6.45) is 15.9. The Morgan fingerprint density at radius 2 is 1.08 bits per heavy atom. The lowest BCUT2D eigenvalue weighted by atomic mass is 10.0. The Labute approximate surface area is 658 Å². The lowest BCUT2D eigenvalue weighted by molar-refractivity contribution is -0.115. The minimum absolute atomic E-state index is 0.00128. The maximum absolute atomic E-state index is 12.6. The lowest BCUT2D eigenvalue weighted by Gasteiger charge is -2.24. The Balaban J connectivity index is 0.000000154. The van der Waals surface area contributed by atoms with Crippen molar-refractivity contribution in [2.45, 2.75) is 116 Å². The van der Waals surface area contributed by atoms with E-state index in [1.165, 1.54) is 75.5 Å². The topological polar surface area (TPSA) is 220 Å². The van der Waals surface area contributed by atoms with Crippen LogP contribution in [0.2, 0.25) is 0 Å².